The Morgan fingerprint density at radius 3 is 2.56 bits per heavy atom. The summed E-state index contributed by atoms with van der Waals surface area (Å²) in [6.45, 7) is 7.19. The van der Waals surface area contributed by atoms with E-state index in [-0.39, 0.29) is 12.4 Å². The number of benzene rings is 3. The molecule has 0 bridgehead atoms. The molecule has 1 saturated heterocycles. The molecule has 0 aliphatic carbocycles. The van der Waals surface area contributed by atoms with Crippen LogP contribution in [0.5, 0.6) is 11.5 Å². The number of morpholine rings is 1. The van der Waals surface area contributed by atoms with Gasteiger partial charge in [-0.3, -0.25) is 4.90 Å². The minimum atomic E-state index is -0.277. The number of nitrogens with zero attached hydrogens (tertiary/aromatic N) is 4. The van der Waals surface area contributed by atoms with Crippen LogP contribution in [0, 0.1) is 5.82 Å². The van der Waals surface area contributed by atoms with E-state index in [1.165, 1.54) is 18.5 Å². The van der Waals surface area contributed by atoms with E-state index in [1.807, 2.05) is 43.3 Å². The fourth-order valence-electron chi connectivity index (χ4n) is 4.50. The third-order valence-corrected chi connectivity index (χ3v) is 6.81. The van der Waals surface area contributed by atoms with Crippen molar-refractivity contribution in [2.45, 2.75) is 20.0 Å². The van der Waals surface area contributed by atoms with Gasteiger partial charge >= 0.3 is 0 Å². The fourth-order valence-corrected chi connectivity index (χ4v) is 4.50. The predicted octanol–water partition coefficient (Wildman–Crippen LogP) is 5.56. The number of ether oxygens (including phenoxy) is 3. The minimum Gasteiger partial charge on any atom is -0.493 e. The maximum Gasteiger partial charge on any atom is 0.162 e. The Morgan fingerprint density at radius 1 is 1.02 bits per heavy atom. The molecule has 1 fully saturated rings. The van der Waals surface area contributed by atoms with Crippen molar-refractivity contribution in [3.8, 4) is 11.5 Å². The quantitative estimate of drug-likeness (QED) is 0.137. The van der Waals surface area contributed by atoms with Crippen molar-refractivity contribution in [2.24, 2.45) is 5.16 Å². The van der Waals surface area contributed by atoms with Crippen LogP contribution >= 0.6 is 0 Å². The van der Waals surface area contributed by atoms with Gasteiger partial charge < -0.3 is 24.4 Å². The number of fused-ring (bicyclic) bond motifs is 1. The number of hydrogen-bond donors (Lipinski definition) is 1. The zero-order chi connectivity index (χ0) is 28.4. The molecular formula is C31H34FN5O4. The van der Waals surface area contributed by atoms with Gasteiger partial charge in [0.25, 0.3) is 0 Å². The highest BCUT2D eigenvalue weighted by molar-refractivity contribution is 5.99. The molecule has 9 nitrogen and oxygen atoms in total. The number of oxime groups is 1. The summed E-state index contributed by atoms with van der Waals surface area (Å²) in [5.41, 5.74) is 4.10. The number of nitrogens with one attached hydrogen (secondary N) is 1. The highest BCUT2D eigenvalue weighted by atomic mass is 19.1. The monoisotopic (exact) mass is 559 g/mol. The lowest BCUT2D eigenvalue weighted by Crippen LogP contribution is -2.37. The second kappa shape index (κ2) is 13.9. The molecule has 1 aliphatic rings. The Hall–Kier alpha value is -4.28. The molecule has 1 aromatic heterocycles. The minimum absolute atomic E-state index is 0.266. The average Bonchev–Trinajstić information content (AvgIpc) is 3.01. The van der Waals surface area contributed by atoms with Gasteiger partial charge in [-0.1, -0.05) is 29.4 Å². The maximum absolute atomic E-state index is 13.1. The van der Waals surface area contributed by atoms with Gasteiger partial charge in [-0.2, -0.15) is 0 Å². The SMILES string of the molecule is COc1cc2ncnc(Nc3ccc(/C(C)=N\OCc4ccc(F)cc4)cc3)c2cc1OCCCN1CCOCC1. The second-order valence-electron chi connectivity index (χ2n) is 9.68. The number of aromatic nitrogens is 2. The van der Waals surface area contributed by atoms with Gasteiger partial charge in [0, 0.05) is 36.8 Å². The normalized spacial score (nSPS) is 14.2. The summed E-state index contributed by atoms with van der Waals surface area (Å²) in [5, 5.41) is 8.41. The van der Waals surface area contributed by atoms with Gasteiger partial charge in [0.05, 0.1) is 38.2 Å². The van der Waals surface area contributed by atoms with E-state index in [0.29, 0.717) is 23.9 Å². The van der Waals surface area contributed by atoms with E-state index in [2.05, 4.69) is 25.3 Å². The summed E-state index contributed by atoms with van der Waals surface area (Å²) in [5.74, 6) is 1.68. The lowest BCUT2D eigenvalue weighted by molar-refractivity contribution is 0.0357. The van der Waals surface area contributed by atoms with E-state index in [4.69, 9.17) is 19.0 Å². The lowest BCUT2D eigenvalue weighted by atomic mass is 10.1. The molecule has 4 aromatic rings. The Balaban J connectivity index is 1.23. The standard InChI is InChI=1S/C31H34FN5O4/c1-22(36-41-20-23-4-8-25(32)9-5-23)24-6-10-26(11-7-24)35-31-27-18-30(29(38-2)19-28(27)33-21-34-31)40-15-3-12-37-13-16-39-17-14-37/h4-11,18-19,21H,3,12-17,20H2,1-2H3,(H,33,34,35)/b36-22-. The van der Waals surface area contributed by atoms with E-state index in [0.717, 1.165) is 72.7 Å². The van der Waals surface area contributed by atoms with Crippen LogP contribution in [0.3, 0.4) is 0 Å². The first-order valence-electron chi connectivity index (χ1n) is 13.6. The smallest absolute Gasteiger partial charge is 0.162 e. The molecule has 1 N–H and O–H groups in total. The number of halogens is 1. The van der Waals surface area contributed by atoms with Crippen LogP contribution in [0.1, 0.15) is 24.5 Å². The van der Waals surface area contributed by atoms with Crippen molar-refractivity contribution in [3.63, 3.8) is 0 Å². The third kappa shape index (κ3) is 7.68. The second-order valence-corrected chi connectivity index (χ2v) is 9.68. The molecule has 0 saturated carbocycles. The van der Waals surface area contributed by atoms with Crippen LogP contribution in [0.4, 0.5) is 15.9 Å². The van der Waals surface area contributed by atoms with E-state index < -0.39 is 0 Å². The molecule has 2 heterocycles. The molecule has 214 valence electrons. The first-order chi connectivity index (χ1) is 20.1. The third-order valence-electron chi connectivity index (χ3n) is 6.81. The van der Waals surface area contributed by atoms with Crippen molar-refractivity contribution in [3.05, 3.63) is 83.9 Å². The summed E-state index contributed by atoms with van der Waals surface area (Å²) in [6, 6.07) is 17.8. The summed E-state index contributed by atoms with van der Waals surface area (Å²) in [6.07, 6.45) is 2.43. The number of methoxy groups -OCH3 is 1. The predicted molar refractivity (Wildman–Crippen MR) is 157 cm³/mol. The van der Waals surface area contributed by atoms with Crippen LogP contribution in [-0.4, -0.2) is 67.1 Å². The molecule has 0 radical (unpaired) electrons. The van der Waals surface area contributed by atoms with Gasteiger partial charge in [-0.25, -0.2) is 14.4 Å². The van der Waals surface area contributed by atoms with E-state index in [1.54, 1.807) is 19.2 Å². The Labute approximate surface area is 238 Å². The zero-order valence-electron chi connectivity index (χ0n) is 23.3. The molecule has 41 heavy (non-hydrogen) atoms. The van der Waals surface area contributed by atoms with Crippen molar-refractivity contribution < 1.29 is 23.4 Å². The number of hydrogen-bond acceptors (Lipinski definition) is 9. The van der Waals surface area contributed by atoms with Crippen molar-refractivity contribution in [1.29, 1.82) is 0 Å². The fraction of sp³-hybridized carbons (Fsp3) is 0.323. The molecule has 10 heteroatoms. The van der Waals surface area contributed by atoms with Gasteiger partial charge in [0.1, 0.15) is 24.6 Å². The summed E-state index contributed by atoms with van der Waals surface area (Å²) in [7, 11) is 1.63. The maximum atomic E-state index is 13.1. The van der Waals surface area contributed by atoms with Crippen LogP contribution < -0.4 is 14.8 Å². The molecule has 1 aliphatic heterocycles. The number of rotatable bonds is 12. The first kappa shape index (κ1) is 28.3. The number of anilines is 2. The topological polar surface area (TPSA) is 90.3 Å². The Bertz CT molecular complexity index is 1460. The zero-order valence-corrected chi connectivity index (χ0v) is 23.3. The molecular weight excluding hydrogens is 525 g/mol. The molecule has 5 rings (SSSR count). The lowest BCUT2D eigenvalue weighted by Gasteiger charge is -2.26. The average molecular weight is 560 g/mol. The van der Waals surface area contributed by atoms with E-state index >= 15 is 0 Å². The Morgan fingerprint density at radius 2 is 1.80 bits per heavy atom. The van der Waals surface area contributed by atoms with Crippen LogP contribution in [0.2, 0.25) is 0 Å². The molecule has 0 atom stereocenters. The van der Waals surface area contributed by atoms with Crippen molar-refractivity contribution >= 4 is 28.1 Å². The van der Waals surface area contributed by atoms with Gasteiger partial charge in [0.15, 0.2) is 11.5 Å². The van der Waals surface area contributed by atoms with Crippen LogP contribution in [-0.2, 0) is 16.2 Å². The van der Waals surface area contributed by atoms with Crippen LogP contribution in [0.25, 0.3) is 10.9 Å². The molecule has 3 aromatic carbocycles. The molecule has 0 spiro atoms. The van der Waals surface area contributed by atoms with E-state index in [9.17, 15) is 4.39 Å². The van der Waals surface area contributed by atoms with Crippen LogP contribution in [0.15, 0.2) is 72.1 Å². The molecule has 0 unspecified atom stereocenters. The highest BCUT2D eigenvalue weighted by Gasteiger charge is 2.14. The summed E-state index contributed by atoms with van der Waals surface area (Å²) >= 11 is 0. The summed E-state index contributed by atoms with van der Waals surface area (Å²) < 4.78 is 30.2. The van der Waals surface area contributed by atoms with Crippen molar-refractivity contribution in [1.82, 2.24) is 14.9 Å². The largest absolute Gasteiger partial charge is 0.493 e. The Kier molecular flexibility index (Phi) is 9.56. The van der Waals surface area contributed by atoms with Gasteiger partial charge in [-0.05, 0) is 54.8 Å². The highest BCUT2D eigenvalue weighted by Crippen LogP contribution is 2.35. The van der Waals surface area contributed by atoms with Gasteiger partial charge in [-0.15, -0.1) is 0 Å². The summed E-state index contributed by atoms with van der Waals surface area (Å²) in [4.78, 5) is 16.8. The molecule has 0 amide bonds. The van der Waals surface area contributed by atoms with Gasteiger partial charge in [0.2, 0.25) is 0 Å². The first-order valence-corrected chi connectivity index (χ1v) is 13.6. The van der Waals surface area contributed by atoms with Crippen molar-refractivity contribution in [2.75, 3.05) is 51.9 Å².